The van der Waals surface area contributed by atoms with Crippen molar-refractivity contribution < 1.29 is 9.90 Å². The van der Waals surface area contributed by atoms with Gasteiger partial charge in [-0.1, -0.05) is 13.8 Å². The Morgan fingerprint density at radius 1 is 1.45 bits per heavy atom. The molecule has 0 heterocycles. The first kappa shape index (κ1) is 10.6. The van der Waals surface area contributed by atoms with E-state index in [1.807, 2.05) is 13.8 Å². The van der Waals surface area contributed by atoms with Crippen LogP contribution in [0.15, 0.2) is 0 Å². The van der Waals surface area contributed by atoms with Gasteiger partial charge < -0.3 is 15.2 Å². The Kier molecular flexibility index (Phi) is 5.07. The topological polar surface area (TPSA) is 49.3 Å². The molecule has 0 radical (unpaired) electrons. The lowest BCUT2D eigenvalue weighted by molar-refractivity contribution is -0.110. The quantitative estimate of drug-likeness (QED) is 0.563. The van der Waals surface area contributed by atoms with Crippen LogP contribution in [0.25, 0.3) is 0 Å². The molecular formula is C8H17NO2. The lowest BCUT2D eigenvalue weighted by Gasteiger charge is -2.16. The van der Waals surface area contributed by atoms with E-state index >= 15 is 0 Å². The summed E-state index contributed by atoms with van der Waals surface area (Å²) >= 11 is 0. The molecule has 3 nitrogen and oxygen atoms in total. The van der Waals surface area contributed by atoms with Gasteiger partial charge in [-0.05, 0) is 12.8 Å². The second-order valence-electron chi connectivity index (χ2n) is 3.16. The normalized spacial score (nSPS) is 16.5. The molecule has 0 fully saturated rings. The van der Waals surface area contributed by atoms with Gasteiger partial charge in [0.05, 0.1) is 12.1 Å². The molecule has 0 aliphatic carbocycles. The van der Waals surface area contributed by atoms with Gasteiger partial charge in [-0.2, -0.15) is 0 Å². The number of hydrogen-bond acceptors (Lipinski definition) is 3. The smallest absolute Gasteiger partial charge is 0.137 e. The number of aliphatic hydroxyl groups is 1. The number of rotatable bonds is 5. The summed E-state index contributed by atoms with van der Waals surface area (Å²) in [6.45, 7) is 6.10. The van der Waals surface area contributed by atoms with Gasteiger partial charge in [-0.15, -0.1) is 0 Å². The van der Waals surface area contributed by atoms with E-state index in [0.717, 1.165) is 6.29 Å². The van der Waals surface area contributed by atoms with Crippen LogP contribution in [0.1, 0.15) is 20.8 Å². The van der Waals surface area contributed by atoms with Crippen LogP contribution in [-0.4, -0.2) is 30.1 Å². The highest BCUT2D eigenvalue weighted by Gasteiger charge is 2.11. The van der Waals surface area contributed by atoms with Crippen LogP contribution in [0.5, 0.6) is 0 Å². The molecule has 0 aliphatic heterocycles. The van der Waals surface area contributed by atoms with Gasteiger partial charge in [-0.3, -0.25) is 0 Å². The van der Waals surface area contributed by atoms with Crippen LogP contribution < -0.4 is 5.32 Å². The minimum Gasteiger partial charge on any atom is -0.392 e. The van der Waals surface area contributed by atoms with E-state index in [9.17, 15) is 4.79 Å². The molecule has 66 valence electrons. The average molecular weight is 159 g/mol. The molecule has 0 saturated heterocycles. The fourth-order valence-corrected chi connectivity index (χ4v) is 0.748. The molecule has 2 atom stereocenters. The fourth-order valence-electron chi connectivity index (χ4n) is 0.748. The van der Waals surface area contributed by atoms with Crippen molar-refractivity contribution in [1.29, 1.82) is 0 Å². The summed E-state index contributed by atoms with van der Waals surface area (Å²) in [5.74, 6) is 0.284. The Bertz CT molecular complexity index is 113. The molecule has 11 heavy (non-hydrogen) atoms. The second kappa shape index (κ2) is 5.27. The number of aliphatic hydroxyl groups excluding tert-OH is 1. The first-order chi connectivity index (χ1) is 5.07. The van der Waals surface area contributed by atoms with E-state index in [0.29, 0.717) is 6.54 Å². The van der Waals surface area contributed by atoms with Crippen molar-refractivity contribution in [2.75, 3.05) is 6.54 Å². The molecule has 0 spiro atoms. The highest BCUT2D eigenvalue weighted by Crippen LogP contribution is 1.97. The predicted octanol–water partition coefficient (Wildman–Crippen LogP) is 0.180. The predicted molar refractivity (Wildman–Crippen MR) is 44.4 cm³/mol. The summed E-state index contributed by atoms with van der Waals surface area (Å²) in [4.78, 5) is 10.4. The number of aldehydes is 1. The van der Waals surface area contributed by atoms with Crippen molar-refractivity contribution in [1.82, 2.24) is 5.32 Å². The Hall–Kier alpha value is -0.410. The van der Waals surface area contributed by atoms with Gasteiger partial charge in [0, 0.05) is 6.54 Å². The maximum Gasteiger partial charge on any atom is 0.137 e. The van der Waals surface area contributed by atoms with Gasteiger partial charge in [0.1, 0.15) is 6.29 Å². The van der Waals surface area contributed by atoms with Gasteiger partial charge in [0.25, 0.3) is 0 Å². The van der Waals surface area contributed by atoms with Gasteiger partial charge in [0.2, 0.25) is 0 Å². The summed E-state index contributed by atoms with van der Waals surface area (Å²) in [7, 11) is 0. The van der Waals surface area contributed by atoms with Crippen LogP contribution in [0.4, 0.5) is 0 Å². The third kappa shape index (κ3) is 4.93. The lowest BCUT2D eigenvalue weighted by atomic mass is 10.1. The van der Waals surface area contributed by atoms with E-state index in [1.54, 1.807) is 6.92 Å². The van der Waals surface area contributed by atoms with Crippen LogP contribution in [-0.2, 0) is 4.79 Å². The third-order valence-corrected chi connectivity index (χ3v) is 1.51. The molecule has 0 aromatic heterocycles. The Labute approximate surface area is 67.8 Å². The minimum absolute atomic E-state index is 0.135. The Morgan fingerprint density at radius 2 is 2.00 bits per heavy atom. The zero-order valence-corrected chi connectivity index (χ0v) is 7.37. The molecule has 0 aromatic carbocycles. The molecule has 0 aliphatic rings. The second-order valence-corrected chi connectivity index (χ2v) is 3.16. The number of carbonyl (C=O) groups excluding carboxylic acids is 1. The highest BCUT2D eigenvalue weighted by molar-refractivity contribution is 5.57. The fraction of sp³-hybridized carbons (Fsp3) is 0.875. The summed E-state index contributed by atoms with van der Waals surface area (Å²) in [6.07, 6.45) is 0.490. The van der Waals surface area contributed by atoms with Crippen LogP contribution in [0.2, 0.25) is 0 Å². The van der Waals surface area contributed by atoms with Crippen molar-refractivity contribution in [3.05, 3.63) is 0 Å². The van der Waals surface area contributed by atoms with Crippen LogP contribution in [0.3, 0.4) is 0 Å². The summed E-state index contributed by atoms with van der Waals surface area (Å²) in [6, 6.07) is -0.135. The molecule has 0 rings (SSSR count). The van der Waals surface area contributed by atoms with Crippen molar-refractivity contribution in [3.63, 3.8) is 0 Å². The largest absolute Gasteiger partial charge is 0.392 e. The van der Waals surface area contributed by atoms with Crippen molar-refractivity contribution in [3.8, 4) is 0 Å². The lowest BCUT2D eigenvalue weighted by Crippen LogP contribution is -2.39. The average Bonchev–Trinajstić information content (AvgIpc) is 1.87. The maximum absolute atomic E-state index is 10.4. The van der Waals surface area contributed by atoms with E-state index in [4.69, 9.17) is 5.11 Å². The van der Waals surface area contributed by atoms with E-state index < -0.39 is 6.10 Å². The molecular weight excluding hydrogens is 142 g/mol. The number of hydrogen-bond donors (Lipinski definition) is 2. The SMILES string of the molecule is CC(C)[C@@H](C=O)NC[C@@H](C)O. The third-order valence-electron chi connectivity index (χ3n) is 1.51. The van der Waals surface area contributed by atoms with Crippen molar-refractivity contribution in [2.24, 2.45) is 5.92 Å². The molecule has 0 amide bonds. The van der Waals surface area contributed by atoms with Gasteiger partial charge in [0.15, 0.2) is 0 Å². The Morgan fingerprint density at radius 3 is 2.27 bits per heavy atom. The number of carbonyl (C=O) groups is 1. The molecule has 0 saturated carbocycles. The summed E-state index contributed by atoms with van der Waals surface area (Å²) in [5.41, 5.74) is 0. The van der Waals surface area contributed by atoms with Crippen molar-refractivity contribution in [2.45, 2.75) is 32.9 Å². The van der Waals surface area contributed by atoms with E-state index in [-0.39, 0.29) is 12.0 Å². The van der Waals surface area contributed by atoms with Crippen LogP contribution in [0, 0.1) is 5.92 Å². The first-order valence-electron chi connectivity index (χ1n) is 3.94. The minimum atomic E-state index is -0.392. The summed E-state index contributed by atoms with van der Waals surface area (Å²) in [5, 5.41) is 11.9. The van der Waals surface area contributed by atoms with E-state index in [2.05, 4.69) is 5.32 Å². The maximum atomic E-state index is 10.4. The summed E-state index contributed by atoms with van der Waals surface area (Å²) < 4.78 is 0. The van der Waals surface area contributed by atoms with Crippen LogP contribution >= 0.6 is 0 Å². The van der Waals surface area contributed by atoms with Gasteiger partial charge in [-0.25, -0.2) is 0 Å². The molecule has 0 unspecified atom stereocenters. The Balaban J connectivity index is 3.61. The molecule has 2 N–H and O–H groups in total. The highest BCUT2D eigenvalue weighted by atomic mass is 16.3. The zero-order chi connectivity index (χ0) is 8.85. The molecule has 0 bridgehead atoms. The van der Waals surface area contributed by atoms with Gasteiger partial charge >= 0.3 is 0 Å². The number of nitrogens with one attached hydrogen (secondary N) is 1. The monoisotopic (exact) mass is 159 g/mol. The zero-order valence-electron chi connectivity index (χ0n) is 7.37. The first-order valence-corrected chi connectivity index (χ1v) is 3.94. The molecule has 3 heteroatoms. The van der Waals surface area contributed by atoms with E-state index in [1.165, 1.54) is 0 Å². The molecule has 0 aromatic rings. The van der Waals surface area contributed by atoms with Crippen molar-refractivity contribution >= 4 is 6.29 Å². The standard InChI is InChI=1S/C8H17NO2/c1-6(2)8(5-10)9-4-7(3)11/h5-9,11H,4H2,1-3H3/t7-,8-/m1/s1.